The second-order valence-corrected chi connectivity index (χ2v) is 8.93. The molecule has 1 saturated heterocycles. The molecule has 1 aliphatic heterocycles. The predicted molar refractivity (Wildman–Crippen MR) is 114 cm³/mol. The normalized spacial score (nSPS) is 19.5. The van der Waals surface area contributed by atoms with Gasteiger partial charge in [-0.2, -0.15) is 0 Å². The fraction of sp³-hybridized carbons (Fsp3) is 0.636. The molecule has 8 nitrogen and oxygen atoms in total. The molecule has 0 radical (unpaired) electrons. The molecule has 160 valence electrons. The van der Waals surface area contributed by atoms with Gasteiger partial charge in [-0.15, -0.1) is 0 Å². The zero-order chi connectivity index (χ0) is 20.7. The van der Waals surface area contributed by atoms with Crippen LogP contribution in [0.2, 0.25) is 0 Å². The molecule has 3 aliphatic rings. The molecule has 2 aromatic heterocycles. The van der Waals surface area contributed by atoms with Crippen molar-refractivity contribution in [2.45, 2.75) is 63.5 Å². The number of hydrogen-bond acceptors (Lipinski definition) is 7. The average molecular weight is 411 g/mol. The minimum Gasteiger partial charge on any atom is -0.363 e. The van der Waals surface area contributed by atoms with Gasteiger partial charge >= 0.3 is 0 Å². The first-order valence-electron chi connectivity index (χ1n) is 11.2. The quantitative estimate of drug-likeness (QED) is 0.750. The Labute approximate surface area is 177 Å². The Balaban J connectivity index is 1.28. The first-order valence-corrected chi connectivity index (χ1v) is 11.2. The molecule has 1 saturated carbocycles. The van der Waals surface area contributed by atoms with E-state index in [2.05, 4.69) is 26.1 Å². The van der Waals surface area contributed by atoms with Crippen molar-refractivity contribution in [3.05, 3.63) is 29.4 Å². The van der Waals surface area contributed by atoms with Crippen LogP contribution in [-0.4, -0.2) is 65.2 Å². The summed E-state index contributed by atoms with van der Waals surface area (Å²) in [5.74, 6) is 2.42. The summed E-state index contributed by atoms with van der Waals surface area (Å²) in [5, 5.41) is 4.16. The molecule has 2 aliphatic carbocycles. The number of likely N-dealkylation sites (tertiary alicyclic amines) is 1. The van der Waals surface area contributed by atoms with Crippen molar-refractivity contribution in [2.24, 2.45) is 0 Å². The van der Waals surface area contributed by atoms with Crippen LogP contribution in [0.15, 0.2) is 16.9 Å². The van der Waals surface area contributed by atoms with E-state index >= 15 is 0 Å². The second kappa shape index (κ2) is 7.89. The Hall–Kier alpha value is -2.64. The molecule has 0 N–H and O–H groups in total. The predicted octanol–water partition coefficient (Wildman–Crippen LogP) is 2.68. The fourth-order valence-corrected chi connectivity index (χ4v) is 4.80. The number of anilines is 2. The molecule has 3 heterocycles. The van der Waals surface area contributed by atoms with Gasteiger partial charge in [0.1, 0.15) is 18.0 Å². The van der Waals surface area contributed by atoms with Crippen LogP contribution in [0.3, 0.4) is 0 Å². The van der Waals surface area contributed by atoms with Crippen molar-refractivity contribution < 1.29 is 9.32 Å². The molecule has 2 aromatic rings. The van der Waals surface area contributed by atoms with Gasteiger partial charge in [0, 0.05) is 50.9 Å². The van der Waals surface area contributed by atoms with Crippen LogP contribution >= 0.6 is 0 Å². The van der Waals surface area contributed by atoms with Crippen LogP contribution in [0.1, 0.15) is 60.3 Å². The average Bonchev–Trinajstić information content (AvgIpc) is 3.51. The third-order valence-corrected chi connectivity index (χ3v) is 6.60. The summed E-state index contributed by atoms with van der Waals surface area (Å²) in [6, 6.07) is 3.04. The van der Waals surface area contributed by atoms with Gasteiger partial charge in [-0.1, -0.05) is 5.16 Å². The van der Waals surface area contributed by atoms with E-state index in [9.17, 15) is 4.79 Å². The molecule has 0 bridgehead atoms. The number of rotatable bonds is 5. The minimum atomic E-state index is 0.0130. The number of aryl methyl sites for hydroxylation is 1. The molecule has 0 unspecified atom stereocenters. The monoisotopic (exact) mass is 410 g/mol. The smallest absolute Gasteiger partial charge is 0.292 e. The third kappa shape index (κ3) is 3.63. The molecule has 30 heavy (non-hydrogen) atoms. The summed E-state index contributed by atoms with van der Waals surface area (Å²) in [5.41, 5.74) is 2.03. The number of nitrogens with zero attached hydrogens (tertiary/aromatic N) is 6. The number of aromatic nitrogens is 3. The van der Waals surface area contributed by atoms with Crippen molar-refractivity contribution in [2.75, 3.05) is 37.0 Å². The van der Waals surface area contributed by atoms with E-state index in [1.807, 2.05) is 23.9 Å². The number of carbonyl (C=O) groups is 1. The standard InChI is InChI=1S/C22H30N6O2/c1-26(2)19-13-20(24-14-23-19)28(15-7-8-15)16-9-11-27(12-10-16)22(29)21-17-5-3-4-6-18(17)25-30-21/h13-16H,3-12H2,1-2H3. The first-order chi connectivity index (χ1) is 14.6. The number of carbonyl (C=O) groups excluding carboxylic acids is 1. The molecular weight excluding hydrogens is 380 g/mol. The van der Waals surface area contributed by atoms with Crippen molar-refractivity contribution in [1.82, 2.24) is 20.0 Å². The van der Waals surface area contributed by atoms with Gasteiger partial charge in [0.2, 0.25) is 5.76 Å². The first kappa shape index (κ1) is 19.3. The van der Waals surface area contributed by atoms with Crippen molar-refractivity contribution >= 4 is 17.5 Å². The summed E-state index contributed by atoms with van der Waals surface area (Å²) in [7, 11) is 4.00. The summed E-state index contributed by atoms with van der Waals surface area (Å²) in [6.07, 6.45) is 10.1. The van der Waals surface area contributed by atoms with Crippen LogP contribution < -0.4 is 9.80 Å². The maximum absolute atomic E-state index is 13.1. The lowest BCUT2D eigenvalue weighted by molar-refractivity contribution is 0.0668. The Morgan fingerprint density at radius 3 is 2.47 bits per heavy atom. The van der Waals surface area contributed by atoms with Crippen molar-refractivity contribution in [1.29, 1.82) is 0 Å². The fourth-order valence-electron chi connectivity index (χ4n) is 4.80. The van der Waals surface area contributed by atoms with Gasteiger partial charge in [0.05, 0.1) is 5.69 Å². The number of amides is 1. The molecule has 5 rings (SSSR count). The molecule has 0 atom stereocenters. The van der Waals surface area contributed by atoms with Gasteiger partial charge in [-0.05, 0) is 51.4 Å². The Kier molecular flexibility index (Phi) is 5.08. The highest BCUT2D eigenvalue weighted by Gasteiger charge is 2.38. The highest BCUT2D eigenvalue weighted by atomic mass is 16.5. The highest BCUT2D eigenvalue weighted by molar-refractivity contribution is 5.93. The maximum atomic E-state index is 13.1. The molecule has 0 spiro atoms. The van der Waals surface area contributed by atoms with E-state index < -0.39 is 0 Å². The molecule has 2 fully saturated rings. The van der Waals surface area contributed by atoms with Crippen molar-refractivity contribution in [3.63, 3.8) is 0 Å². The summed E-state index contributed by atoms with van der Waals surface area (Å²) in [6.45, 7) is 1.49. The van der Waals surface area contributed by atoms with Crippen LogP contribution in [0.5, 0.6) is 0 Å². The summed E-state index contributed by atoms with van der Waals surface area (Å²) in [4.78, 5) is 28.5. The molecule has 0 aromatic carbocycles. The van der Waals surface area contributed by atoms with E-state index in [1.165, 1.54) is 12.8 Å². The van der Waals surface area contributed by atoms with Gasteiger partial charge in [0.15, 0.2) is 0 Å². The topological polar surface area (TPSA) is 78.6 Å². The zero-order valence-corrected chi connectivity index (χ0v) is 17.9. The number of hydrogen-bond donors (Lipinski definition) is 0. The molecular formula is C22H30N6O2. The lowest BCUT2D eigenvalue weighted by atomic mass is 9.95. The largest absolute Gasteiger partial charge is 0.363 e. The van der Waals surface area contributed by atoms with Gasteiger partial charge < -0.3 is 19.2 Å². The molecule has 1 amide bonds. The van der Waals surface area contributed by atoms with Gasteiger partial charge in [-0.25, -0.2) is 9.97 Å². The number of fused-ring (bicyclic) bond motifs is 1. The third-order valence-electron chi connectivity index (χ3n) is 6.60. The SMILES string of the molecule is CN(C)c1cc(N(C2CC2)C2CCN(C(=O)c3onc4c3CCCC4)CC2)ncn1. The van der Waals surface area contributed by atoms with Crippen LogP contribution in [0.25, 0.3) is 0 Å². The van der Waals surface area contributed by atoms with E-state index in [0.717, 1.165) is 74.5 Å². The Morgan fingerprint density at radius 2 is 1.73 bits per heavy atom. The Bertz CT molecular complexity index is 914. The highest BCUT2D eigenvalue weighted by Crippen LogP contribution is 2.36. The second-order valence-electron chi connectivity index (χ2n) is 8.93. The lowest BCUT2D eigenvalue weighted by Gasteiger charge is -2.39. The molecule has 8 heteroatoms. The van der Waals surface area contributed by atoms with E-state index in [-0.39, 0.29) is 5.91 Å². The maximum Gasteiger partial charge on any atom is 0.292 e. The van der Waals surface area contributed by atoms with Gasteiger partial charge in [-0.3, -0.25) is 4.79 Å². The van der Waals surface area contributed by atoms with E-state index in [4.69, 9.17) is 4.52 Å². The van der Waals surface area contributed by atoms with Crippen LogP contribution in [0, 0.1) is 0 Å². The summed E-state index contributed by atoms with van der Waals surface area (Å²) >= 11 is 0. The van der Waals surface area contributed by atoms with Crippen LogP contribution in [-0.2, 0) is 12.8 Å². The van der Waals surface area contributed by atoms with Crippen molar-refractivity contribution in [3.8, 4) is 0 Å². The van der Waals surface area contributed by atoms with E-state index in [0.29, 0.717) is 17.8 Å². The Morgan fingerprint density at radius 1 is 1.03 bits per heavy atom. The van der Waals surface area contributed by atoms with Crippen LogP contribution in [0.4, 0.5) is 11.6 Å². The van der Waals surface area contributed by atoms with Gasteiger partial charge in [0.25, 0.3) is 5.91 Å². The van der Waals surface area contributed by atoms with E-state index in [1.54, 1.807) is 6.33 Å². The lowest BCUT2D eigenvalue weighted by Crippen LogP contribution is -2.48. The minimum absolute atomic E-state index is 0.0130. The zero-order valence-electron chi connectivity index (χ0n) is 17.9. The summed E-state index contributed by atoms with van der Waals surface area (Å²) < 4.78 is 5.49. The number of piperidine rings is 1.